The van der Waals surface area contributed by atoms with E-state index in [9.17, 15) is 13.2 Å². The molecule has 0 unspecified atom stereocenters. The van der Waals surface area contributed by atoms with Crippen LogP contribution in [0.3, 0.4) is 0 Å². The van der Waals surface area contributed by atoms with Gasteiger partial charge in [0.1, 0.15) is 5.69 Å². The van der Waals surface area contributed by atoms with Crippen LogP contribution in [0.15, 0.2) is 42.9 Å². The third-order valence-corrected chi connectivity index (χ3v) is 2.30. The van der Waals surface area contributed by atoms with Crippen LogP contribution in [-0.2, 0) is 12.7 Å². The monoisotopic (exact) mass is 253 g/mol. The first-order chi connectivity index (χ1) is 8.55. The lowest BCUT2D eigenvalue weighted by Crippen LogP contribution is -2.09. The molecule has 0 aliphatic heterocycles. The van der Waals surface area contributed by atoms with Crippen LogP contribution >= 0.6 is 0 Å². The number of nitrogens with one attached hydrogen (secondary N) is 1. The Morgan fingerprint density at radius 3 is 2.44 bits per heavy atom. The van der Waals surface area contributed by atoms with Gasteiger partial charge in [0.15, 0.2) is 0 Å². The summed E-state index contributed by atoms with van der Waals surface area (Å²) >= 11 is 0. The van der Waals surface area contributed by atoms with Gasteiger partial charge in [0.05, 0.1) is 0 Å². The summed E-state index contributed by atoms with van der Waals surface area (Å²) in [6.45, 7) is 0.434. The summed E-state index contributed by atoms with van der Waals surface area (Å²) in [6, 6.07) is 6.06. The molecule has 0 amide bonds. The Kier molecular flexibility index (Phi) is 3.45. The zero-order valence-corrected chi connectivity index (χ0v) is 9.28. The molecular formula is C12H10F3N3. The lowest BCUT2D eigenvalue weighted by atomic mass is 10.2. The first-order valence-corrected chi connectivity index (χ1v) is 5.22. The summed E-state index contributed by atoms with van der Waals surface area (Å²) < 4.78 is 37.3. The van der Waals surface area contributed by atoms with E-state index in [0.29, 0.717) is 12.2 Å². The van der Waals surface area contributed by atoms with E-state index in [1.54, 1.807) is 24.5 Å². The van der Waals surface area contributed by atoms with Crippen LogP contribution in [-0.4, -0.2) is 9.97 Å². The smallest absolute Gasteiger partial charge is 0.381 e. The second kappa shape index (κ2) is 5.03. The van der Waals surface area contributed by atoms with Crippen LogP contribution in [0.1, 0.15) is 11.3 Å². The molecule has 3 nitrogen and oxygen atoms in total. The van der Waals surface area contributed by atoms with Gasteiger partial charge in [-0.15, -0.1) is 0 Å². The SMILES string of the molecule is FC(F)(F)c1cc(NCc2ccncc2)ccn1. The van der Waals surface area contributed by atoms with Crippen LogP contribution in [0, 0.1) is 0 Å². The fraction of sp³-hybridized carbons (Fsp3) is 0.167. The number of alkyl halides is 3. The van der Waals surface area contributed by atoms with Crippen molar-refractivity contribution in [1.82, 2.24) is 9.97 Å². The Bertz CT molecular complexity index is 511. The molecule has 2 heterocycles. The molecule has 18 heavy (non-hydrogen) atoms. The van der Waals surface area contributed by atoms with Crippen molar-refractivity contribution in [2.24, 2.45) is 0 Å². The molecule has 0 fully saturated rings. The highest BCUT2D eigenvalue weighted by Gasteiger charge is 2.32. The van der Waals surface area contributed by atoms with E-state index in [4.69, 9.17) is 0 Å². The third kappa shape index (κ3) is 3.19. The molecule has 2 aromatic rings. The zero-order chi connectivity index (χ0) is 13.0. The van der Waals surface area contributed by atoms with Crippen molar-refractivity contribution in [2.75, 3.05) is 5.32 Å². The highest BCUT2D eigenvalue weighted by atomic mass is 19.4. The van der Waals surface area contributed by atoms with Crippen LogP contribution in [0.2, 0.25) is 0 Å². The van der Waals surface area contributed by atoms with Crippen molar-refractivity contribution in [2.45, 2.75) is 12.7 Å². The van der Waals surface area contributed by atoms with Gasteiger partial charge in [-0.25, -0.2) is 0 Å². The second-order valence-corrected chi connectivity index (χ2v) is 3.64. The van der Waals surface area contributed by atoms with Crippen LogP contribution in [0.4, 0.5) is 18.9 Å². The lowest BCUT2D eigenvalue weighted by molar-refractivity contribution is -0.141. The molecule has 0 saturated carbocycles. The van der Waals surface area contributed by atoms with Crippen molar-refractivity contribution in [3.8, 4) is 0 Å². The van der Waals surface area contributed by atoms with Gasteiger partial charge in [-0.2, -0.15) is 13.2 Å². The topological polar surface area (TPSA) is 37.8 Å². The zero-order valence-electron chi connectivity index (χ0n) is 9.28. The van der Waals surface area contributed by atoms with Gasteiger partial charge >= 0.3 is 6.18 Å². The van der Waals surface area contributed by atoms with E-state index in [2.05, 4.69) is 15.3 Å². The molecule has 0 atom stereocenters. The van der Waals surface area contributed by atoms with E-state index in [0.717, 1.165) is 17.8 Å². The van der Waals surface area contributed by atoms with E-state index < -0.39 is 11.9 Å². The Morgan fingerprint density at radius 1 is 1.06 bits per heavy atom. The van der Waals surface area contributed by atoms with Gasteiger partial charge in [0.2, 0.25) is 0 Å². The van der Waals surface area contributed by atoms with Crippen molar-refractivity contribution >= 4 is 5.69 Å². The quantitative estimate of drug-likeness (QED) is 0.913. The fourth-order valence-electron chi connectivity index (χ4n) is 1.40. The van der Waals surface area contributed by atoms with Crippen molar-refractivity contribution in [1.29, 1.82) is 0 Å². The first kappa shape index (κ1) is 12.3. The number of aromatic nitrogens is 2. The Hall–Kier alpha value is -2.11. The van der Waals surface area contributed by atoms with Gasteiger partial charge in [-0.1, -0.05) is 0 Å². The molecule has 0 aliphatic carbocycles. The molecule has 0 saturated heterocycles. The van der Waals surface area contributed by atoms with Crippen LogP contribution in [0.25, 0.3) is 0 Å². The number of nitrogens with zero attached hydrogens (tertiary/aromatic N) is 2. The van der Waals surface area contributed by atoms with Gasteiger partial charge < -0.3 is 5.32 Å². The lowest BCUT2D eigenvalue weighted by Gasteiger charge is -2.09. The van der Waals surface area contributed by atoms with Gasteiger partial charge in [-0.05, 0) is 29.8 Å². The summed E-state index contributed by atoms with van der Waals surface area (Å²) in [5, 5.41) is 2.91. The molecular weight excluding hydrogens is 243 g/mol. The number of hydrogen-bond donors (Lipinski definition) is 1. The van der Waals surface area contributed by atoms with E-state index in [1.165, 1.54) is 6.07 Å². The van der Waals surface area contributed by atoms with Crippen LogP contribution < -0.4 is 5.32 Å². The number of pyridine rings is 2. The maximum absolute atomic E-state index is 12.4. The largest absolute Gasteiger partial charge is 0.433 e. The summed E-state index contributed by atoms with van der Waals surface area (Å²) in [7, 11) is 0. The molecule has 0 aromatic carbocycles. The Labute approximate surface area is 102 Å². The van der Waals surface area contributed by atoms with Gasteiger partial charge in [0.25, 0.3) is 0 Å². The number of halogens is 3. The van der Waals surface area contributed by atoms with Gasteiger partial charge in [-0.3, -0.25) is 9.97 Å². The standard InChI is InChI=1S/C12H10F3N3/c13-12(14,15)11-7-10(3-6-17-11)18-8-9-1-4-16-5-2-9/h1-7H,8H2,(H,17,18). The first-order valence-electron chi connectivity index (χ1n) is 5.22. The molecule has 6 heteroatoms. The van der Waals surface area contributed by atoms with Crippen molar-refractivity contribution in [3.05, 3.63) is 54.1 Å². The average molecular weight is 253 g/mol. The molecule has 1 N–H and O–H groups in total. The fourth-order valence-corrected chi connectivity index (χ4v) is 1.40. The Balaban J connectivity index is 2.06. The highest BCUT2D eigenvalue weighted by molar-refractivity contribution is 5.44. The van der Waals surface area contributed by atoms with Gasteiger partial charge in [0, 0.05) is 30.8 Å². The molecule has 0 radical (unpaired) electrons. The summed E-state index contributed by atoms with van der Waals surface area (Å²) in [6.07, 6.45) is -0.0263. The molecule has 94 valence electrons. The minimum atomic E-state index is -4.42. The molecule has 0 bridgehead atoms. The minimum Gasteiger partial charge on any atom is -0.381 e. The highest BCUT2D eigenvalue weighted by Crippen LogP contribution is 2.28. The van der Waals surface area contributed by atoms with E-state index >= 15 is 0 Å². The van der Waals surface area contributed by atoms with Crippen molar-refractivity contribution < 1.29 is 13.2 Å². The number of anilines is 1. The second-order valence-electron chi connectivity index (χ2n) is 3.64. The normalized spacial score (nSPS) is 11.3. The summed E-state index contributed by atoms with van der Waals surface area (Å²) in [5.74, 6) is 0. The van der Waals surface area contributed by atoms with E-state index in [-0.39, 0.29) is 0 Å². The number of rotatable bonds is 3. The van der Waals surface area contributed by atoms with Crippen molar-refractivity contribution in [3.63, 3.8) is 0 Å². The number of hydrogen-bond acceptors (Lipinski definition) is 3. The molecule has 2 aromatic heterocycles. The summed E-state index contributed by atoms with van der Waals surface area (Å²) in [4.78, 5) is 7.15. The van der Waals surface area contributed by atoms with E-state index in [1.807, 2.05) is 0 Å². The third-order valence-electron chi connectivity index (χ3n) is 2.30. The predicted octanol–water partition coefficient (Wildman–Crippen LogP) is 3.11. The summed E-state index contributed by atoms with van der Waals surface area (Å²) in [5.41, 5.74) is 0.423. The molecule has 0 aliphatic rings. The van der Waals surface area contributed by atoms with Crippen LogP contribution in [0.5, 0.6) is 0 Å². The molecule has 0 spiro atoms. The maximum atomic E-state index is 12.4. The minimum absolute atomic E-state index is 0.383. The maximum Gasteiger partial charge on any atom is 0.433 e. The Morgan fingerprint density at radius 2 is 1.78 bits per heavy atom. The predicted molar refractivity (Wildman–Crippen MR) is 60.8 cm³/mol. The average Bonchev–Trinajstić information content (AvgIpc) is 2.37. The molecule has 2 rings (SSSR count).